The molecule has 1 aliphatic carbocycles. The normalized spacial score (nSPS) is 13.7. The Labute approximate surface area is 326 Å². The summed E-state index contributed by atoms with van der Waals surface area (Å²) in [4.78, 5) is 61.1. The molecule has 1 fully saturated rings. The molecule has 0 amide bonds. The van der Waals surface area contributed by atoms with Gasteiger partial charge in [-0.1, -0.05) is 40.2 Å². The lowest BCUT2D eigenvalue weighted by atomic mass is 10.2. The fraction of sp³-hybridized carbons (Fsp3) is 0.279. The van der Waals surface area contributed by atoms with E-state index in [-0.39, 0.29) is 40.6 Å². The van der Waals surface area contributed by atoms with Crippen LogP contribution in [0, 0.1) is 11.8 Å². The number of hydrogen-bond acceptors (Lipinski definition) is 12. The Hall–Kier alpha value is -5.88. The molecule has 0 spiro atoms. The largest absolute Gasteiger partial charge is 0.494 e. The van der Waals surface area contributed by atoms with Crippen molar-refractivity contribution >= 4 is 40.8 Å². The molecular formula is C43H46O11S. The summed E-state index contributed by atoms with van der Waals surface area (Å²) in [6.07, 6.45) is 4.63. The molecule has 2 unspecified atom stereocenters. The van der Waals surface area contributed by atoms with Gasteiger partial charge in [-0.3, -0.25) is 4.79 Å². The summed E-state index contributed by atoms with van der Waals surface area (Å²) in [7, 11) is 0. The summed E-state index contributed by atoms with van der Waals surface area (Å²) in [6.45, 7) is 19.7. The number of benzene rings is 3. The van der Waals surface area contributed by atoms with Gasteiger partial charge in [0.25, 0.3) is 0 Å². The molecule has 0 aromatic heterocycles. The van der Waals surface area contributed by atoms with Gasteiger partial charge in [-0.2, -0.15) is 0 Å². The number of ether oxygens (including phenoxy) is 6. The molecule has 1 saturated carbocycles. The van der Waals surface area contributed by atoms with Crippen LogP contribution in [0.1, 0.15) is 70.6 Å². The van der Waals surface area contributed by atoms with Crippen molar-refractivity contribution in [2.45, 2.75) is 44.4 Å². The van der Waals surface area contributed by atoms with Crippen LogP contribution in [-0.2, 0) is 28.5 Å². The second-order valence-corrected chi connectivity index (χ2v) is 12.7. The van der Waals surface area contributed by atoms with Crippen molar-refractivity contribution in [1.82, 2.24) is 0 Å². The van der Waals surface area contributed by atoms with Crippen molar-refractivity contribution in [1.29, 1.82) is 0 Å². The minimum atomic E-state index is -0.598. The van der Waals surface area contributed by atoms with Gasteiger partial charge < -0.3 is 28.4 Å². The Balaban J connectivity index is 0.00000399. The fourth-order valence-corrected chi connectivity index (χ4v) is 5.46. The highest BCUT2D eigenvalue weighted by Gasteiger charge is 2.45. The predicted molar refractivity (Wildman–Crippen MR) is 209 cm³/mol. The van der Waals surface area contributed by atoms with Crippen molar-refractivity contribution in [3.05, 3.63) is 139 Å². The lowest BCUT2D eigenvalue weighted by Crippen LogP contribution is -2.09. The van der Waals surface area contributed by atoms with Gasteiger partial charge in [0.2, 0.25) is 5.12 Å². The fourth-order valence-electron chi connectivity index (χ4n) is 4.72. The number of hydrogen-bond donors (Lipinski definition) is 0. The molecule has 0 N–H and O–H groups in total. The smallest absolute Gasteiger partial charge is 0.343 e. The molecule has 0 radical (unpaired) electrons. The SMILES string of the molecule is C=CC(=O)OCCCCOc1ccc(C(=O)Sc2ccc(C(=O)OC(=C)C3CC3C(=C)OC(=O)c3ccc(OCCCOC(=O)C=C)cc3)cc2)cc1.CC. The molecule has 3 aromatic carbocycles. The summed E-state index contributed by atoms with van der Waals surface area (Å²) in [6, 6.07) is 19.7. The number of rotatable bonds is 21. The van der Waals surface area contributed by atoms with E-state index >= 15 is 0 Å². The molecule has 0 bridgehead atoms. The van der Waals surface area contributed by atoms with Gasteiger partial charge in [-0.15, -0.1) is 0 Å². The highest BCUT2D eigenvalue weighted by Crippen LogP contribution is 2.48. The van der Waals surface area contributed by atoms with Crippen LogP contribution in [0.3, 0.4) is 0 Å². The molecular weight excluding hydrogens is 725 g/mol. The first-order valence-corrected chi connectivity index (χ1v) is 18.6. The number of thioether (sulfide) groups is 1. The third-order valence-electron chi connectivity index (χ3n) is 7.73. The van der Waals surface area contributed by atoms with E-state index in [1.54, 1.807) is 72.8 Å². The van der Waals surface area contributed by atoms with Crippen LogP contribution in [0.2, 0.25) is 0 Å². The Bertz CT molecular complexity index is 1810. The van der Waals surface area contributed by atoms with Crippen LogP contribution in [0.4, 0.5) is 0 Å². The first-order chi connectivity index (χ1) is 26.6. The number of unbranched alkanes of at least 4 members (excludes halogenated alkanes) is 1. The van der Waals surface area contributed by atoms with Crippen molar-refractivity contribution in [2.75, 3.05) is 26.4 Å². The van der Waals surface area contributed by atoms with Gasteiger partial charge in [-0.05, 0) is 104 Å². The summed E-state index contributed by atoms with van der Waals surface area (Å²) in [5.74, 6) is -0.933. The number of allylic oxidation sites excluding steroid dienone is 2. The number of carbonyl (C=O) groups excluding carboxylic acids is 5. The van der Waals surface area contributed by atoms with E-state index in [4.69, 9.17) is 28.4 Å². The number of esters is 4. The topological polar surface area (TPSA) is 141 Å². The van der Waals surface area contributed by atoms with Gasteiger partial charge in [-0.25, -0.2) is 19.2 Å². The molecule has 0 heterocycles. The Morgan fingerprint density at radius 3 is 1.47 bits per heavy atom. The quantitative estimate of drug-likeness (QED) is 0.0256. The van der Waals surface area contributed by atoms with E-state index in [0.29, 0.717) is 73.0 Å². The van der Waals surface area contributed by atoms with Crippen molar-refractivity contribution in [3.63, 3.8) is 0 Å². The van der Waals surface area contributed by atoms with Crippen molar-refractivity contribution < 1.29 is 52.4 Å². The van der Waals surface area contributed by atoms with Crippen LogP contribution < -0.4 is 9.47 Å². The Morgan fingerprint density at radius 2 is 1.00 bits per heavy atom. The van der Waals surface area contributed by atoms with Gasteiger partial charge in [0.05, 0.1) is 37.6 Å². The van der Waals surface area contributed by atoms with Crippen LogP contribution in [-0.4, -0.2) is 55.4 Å². The Kier molecular flexibility index (Phi) is 18.2. The average molecular weight is 771 g/mol. The lowest BCUT2D eigenvalue weighted by molar-refractivity contribution is -0.138. The van der Waals surface area contributed by atoms with Crippen LogP contribution >= 0.6 is 11.8 Å². The summed E-state index contributed by atoms with van der Waals surface area (Å²) < 4.78 is 32.1. The van der Waals surface area contributed by atoms with Crippen LogP contribution in [0.25, 0.3) is 0 Å². The van der Waals surface area contributed by atoms with E-state index < -0.39 is 23.9 Å². The maximum Gasteiger partial charge on any atom is 0.343 e. The van der Waals surface area contributed by atoms with E-state index in [1.807, 2.05) is 13.8 Å². The zero-order chi connectivity index (χ0) is 40.2. The van der Waals surface area contributed by atoms with Crippen molar-refractivity contribution in [2.24, 2.45) is 11.8 Å². The minimum Gasteiger partial charge on any atom is -0.494 e. The molecule has 2 atom stereocenters. The van der Waals surface area contributed by atoms with Gasteiger partial charge in [0.15, 0.2) is 0 Å². The molecule has 290 valence electrons. The third kappa shape index (κ3) is 14.8. The zero-order valence-corrected chi connectivity index (χ0v) is 31.9. The molecule has 4 rings (SSSR count). The first-order valence-electron chi connectivity index (χ1n) is 17.8. The molecule has 0 saturated heterocycles. The molecule has 1 aliphatic rings. The van der Waals surface area contributed by atoms with Crippen molar-refractivity contribution in [3.8, 4) is 11.5 Å². The van der Waals surface area contributed by atoms with E-state index in [0.717, 1.165) is 23.9 Å². The van der Waals surface area contributed by atoms with E-state index in [9.17, 15) is 24.0 Å². The van der Waals surface area contributed by atoms with Gasteiger partial charge in [0, 0.05) is 40.9 Å². The molecule has 12 heteroatoms. The first kappa shape index (κ1) is 43.5. The molecule has 11 nitrogen and oxygen atoms in total. The monoisotopic (exact) mass is 770 g/mol. The maximum atomic E-state index is 12.8. The van der Waals surface area contributed by atoms with Gasteiger partial charge >= 0.3 is 23.9 Å². The standard InChI is InChI=1S/C41H40O11S.C2H6/c1-5-37(42)49-23-8-7-22-47-33-18-12-31(13-19-33)41(46)53-34-20-14-30(15-21-34)40(45)52-28(4)36-26-35(36)27(3)51-39(44)29-10-16-32(17-11-29)48-24-9-25-50-38(43)6-2;1-2/h5-6,10-21,35-36H,1-4,7-9,22-26H2;1-2H3. The highest BCUT2D eigenvalue weighted by atomic mass is 32.2. The molecule has 3 aromatic rings. The third-order valence-corrected chi connectivity index (χ3v) is 8.66. The average Bonchev–Trinajstić information content (AvgIpc) is 4.02. The maximum absolute atomic E-state index is 12.8. The Morgan fingerprint density at radius 1 is 0.600 bits per heavy atom. The second-order valence-electron chi connectivity index (χ2n) is 11.6. The zero-order valence-electron chi connectivity index (χ0n) is 31.1. The van der Waals surface area contributed by atoms with Crippen LogP contribution in [0.15, 0.2) is 128 Å². The van der Waals surface area contributed by atoms with Crippen LogP contribution in [0.5, 0.6) is 11.5 Å². The van der Waals surface area contributed by atoms with Gasteiger partial charge in [0.1, 0.15) is 23.0 Å². The predicted octanol–water partition coefficient (Wildman–Crippen LogP) is 8.71. The highest BCUT2D eigenvalue weighted by molar-refractivity contribution is 8.14. The molecule has 55 heavy (non-hydrogen) atoms. The minimum absolute atomic E-state index is 0.173. The molecule has 0 aliphatic heterocycles. The summed E-state index contributed by atoms with van der Waals surface area (Å²) in [5, 5.41) is -0.173. The summed E-state index contributed by atoms with van der Waals surface area (Å²) >= 11 is 1.02. The lowest BCUT2D eigenvalue weighted by Gasteiger charge is -2.10. The number of carbonyl (C=O) groups is 5. The second kappa shape index (κ2) is 23.0. The summed E-state index contributed by atoms with van der Waals surface area (Å²) in [5.41, 5.74) is 1.09. The van der Waals surface area contributed by atoms with E-state index in [1.165, 1.54) is 0 Å². The van der Waals surface area contributed by atoms with E-state index in [2.05, 4.69) is 26.3 Å².